The van der Waals surface area contributed by atoms with E-state index in [2.05, 4.69) is 24.1 Å². The number of benzene rings is 1. The summed E-state index contributed by atoms with van der Waals surface area (Å²) in [5.41, 5.74) is 7.61. The van der Waals surface area contributed by atoms with Crippen LogP contribution in [0.3, 0.4) is 0 Å². The van der Waals surface area contributed by atoms with Crippen molar-refractivity contribution in [2.75, 3.05) is 20.7 Å². The van der Waals surface area contributed by atoms with Gasteiger partial charge in [0.05, 0.1) is 7.11 Å². The quantitative estimate of drug-likeness (QED) is 0.847. The fraction of sp³-hybridized carbons (Fsp3) is 0.571. The molecule has 1 aromatic rings. The van der Waals surface area contributed by atoms with E-state index in [1.54, 1.807) is 7.11 Å². The second-order valence-electron chi connectivity index (χ2n) is 5.24. The molecule has 1 fully saturated rings. The highest BCUT2D eigenvalue weighted by molar-refractivity contribution is 5.27. The number of rotatable bonds is 5. The lowest BCUT2D eigenvalue weighted by Gasteiger charge is -2.41. The zero-order valence-corrected chi connectivity index (χ0v) is 10.8. The molecule has 0 bridgehead atoms. The molecule has 0 amide bonds. The molecule has 2 rings (SSSR count). The molecule has 3 heteroatoms. The average Bonchev–Trinajstić information content (AvgIpc) is 2.28. The minimum atomic E-state index is 0.0707. The van der Waals surface area contributed by atoms with Crippen LogP contribution >= 0.6 is 0 Å². The summed E-state index contributed by atoms with van der Waals surface area (Å²) >= 11 is 0. The Kier molecular flexibility index (Phi) is 3.69. The molecule has 1 aliphatic rings. The first kappa shape index (κ1) is 12.4. The number of nitrogens with zero attached hydrogens (tertiary/aromatic N) is 1. The first-order valence-corrected chi connectivity index (χ1v) is 6.22. The molecule has 0 atom stereocenters. The van der Waals surface area contributed by atoms with E-state index in [4.69, 9.17) is 10.5 Å². The van der Waals surface area contributed by atoms with E-state index >= 15 is 0 Å². The van der Waals surface area contributed by atoms with Crippen LogP contribution in [0.2, 0.25) is 0 Å². The maximum Gasteiger partial charge on any atom is 0.118 e. The van der Waals surface area contributed by atoms with Gasteiger partial charge in [-0.25, -0.2) is 0 Å². The van der Waals surface area contributed by atoms with E-state index in [0.29, 0.717) is 0 Å². The molecule has 0 spiro atoms. The molecular weight excluding hydrogens is 212 g/mol. The van der Waals surface area contributed by atoms with Gasteiger partial charge in [0.1, 0.15) is 5.75 Å². The molecule has 0 radical (unpaired) electrons. The molecule has 17 heavy (non-hydrogen) atoms. The number of hydrogen-bond donors (Lipinski definition) is 1. The van der Waals surface area contributed by atoms with Crippen LogP contribution in [-0.4, -0.2) is 31.1 Å². The Labute approximate surface area is 104 Å². The van der Waals surface area contributed by atoms with Gasteiger partial charge in [-0.15, -0.1) is 0 Å². The topological polar surface area (TPSA) is 38.5 Å². The van der Waals surface area contributed by atoms with Gasteiger partial charge in [0, 0.05) is 18.6 Å². The summed E-state index contributed by atoms with van der Waals surface area (Å²) in [6, 6.07) is 8.23. The third kappa shape index (κ3) is 3.20. The summed E-state index contributed by atoms with van der Waals surface area (Å²) in [5, 5.41) is 0. The van der Waals surface area contributed by atoms with E-state index in [0.717, 1.165) is 18.8 Å². The van der Waals surface area contributed by atoms with E-state index in [9.17, 15) is 0 Å². The molecule has 0 saturated heterocycles. The summed E-state index contributed by atoms with van der Waals surface area (Å²) in [4.78, 5) is 2.31. The van der Waals surface area contributed by atoms with Crippen LogP contribution < -0.4 is 10.5 Å². The van der Waals surface area contributed by atoms with Crippen molar-refractivity contribution in [3.8, 4) is 5.75 Å². The van der Waals surface area contributed by atoms with E-state index < -0.39 is 0 Å². The van der Waals surface area contributed by atoms with Crippen molar-refractivity contribution in [1.29, 1.82) is 0 Å². The van der Waals surface area contributed by atoms with Crippen LogP contribution in [0.5, 0.6) is 5.75 Å². The fourth-order valence-electron chi connectivity index (χ4n) is 2.43. The monoisotopic (exact) mass is 234 g/mol. The van der Waals surface area contributed by atoms with Crippen LogP contribution in [0.4, 0.5) is 0 Å². The second kappa shape index (κ2) is 5.07. The number of hydrogen-bond acceptors (Lipinski definition) is 3. The Morgan fingerprint density at radius 3 is 2.41 bits per heavy atom. The molecule has 2 N–H and O–H groups in total. The van der Waals surface area contributed by atoms with Crippen molar-refractivity contribution in [2.45, 2.75) is 31.3 Å². The first-order chi connectivity index (χ1) is 8.11. The lowest BCUT2D eigenvalue weighted by atomic mass is 9.77. The number of likely N-dealkylation sites (N-methyl/N-ethyl adjacent to an activating group) is 1. The van der Waals surface area contributed by atoms with Gasteiger partial charge >= 0.3 is 0 Å². The van der Waals surface area contributed by atoms with E-state index in [-0.39, 0.29) is 5.54 Å². The molecule has 94 valence electrons. The minimum Gasteiger partial charge on any atom is -0.497 e. The van der Waals surface area contributed by atoms with Crippen LogP contribution in [0.1, 0.15) is 24.8 Å². The minimum absolute atomic E-state index is 0.0707. The van der Waals surface area contributed by atoms with Gasteiger partial charge < -0.3 is 15.4 Å². The zero-order valence-electron chi connectivity index (χ0n) is 10.8. The largest absolute Gasteiger partial charge is 0.497 e. The maximum atomic E-state index is 6.24. The van der Waals surface area contributed by atoms with Crippen molar-refractivity contribution in [3.63, 3.8) is 0 Å². The van der Waals surface area contributed by atoms with Gasteiger partial charge in [-0.05, 0) is 44.0 Å². The summed E-state index contributed by atoms with van der Waals surface area (Å²) < 4.78 is 5.15. The molecular formula is C14H22N2O. The molecule has 0 unspecified atom stereocenters. The third-order valence-electron chi connectivity index (χ3n) is 3.55. The predicted molar refractivity (Wildman–Crippen MR) is 70.1 cm³/mol. The number of ether oxygens (including phenoxy) is 1. The standard InChI is InChI=1S/C14H22N2O/c1-16(11-14(15)8-3-9-14)10-12-4-6-13(17-2)7-5-12/h4-7H,3,8-11,15H2,1-2H3. The molecule has 0 heterocycles. The van der Waals surface area contributed by atoms with Gasteiger partial charge in [0.2, 0.25) is 0 Å². The normalized spacial score (nSPS) is 17.9. The van der Waals surface area contributed by atoms with Crippen molar-refractivity contribution < 1.29 is 4.74 Å². The van der Waals surface area contributed by atoms with Crippen LogP contribution in [0, 0.1) is 0 Å². The maximum absolute atomic E-state index is 6.24. The van der Waals surface area contributed by atoms with Gasteiger partial charge in [0.15, 0.2) is 0 Å². The van der Waals surface area contributed by atoms with Crippen molar-refractivity contribution >= 4 is 0 Å². The van der Waals surface area contributed by atoms with Crippen LogP contribution in [0.15, 0.2) is 24.3 Å². The van der Waals surface area contributed by atoms with Crippen molar-refractivity contribution in [1.82, 2.24) is 4.90 Å². The molecule has 1 aliphatic carbocycles. The number of methoxy groups -OCH3 is 1. The van der Waals surface area contributed by atoms with Crippen molar-refractivity contribution in [3.05, 3.63) is 29.8 Å². The van der Waals surface area contributed by atoms with Crippen LogP contribution in [0.25, 0.3) is 0 Å². The highest BCUT2D eigenvalue weighted by atomic mass is 16.5. The highest BCUT2D eigenvalue weighted by Crippen LogP contribution is 2.29. The average molecular weight is 234 g/mol. The summed E-state index contributed by atoms with van der Waals surface area (Å²) in [6.07, 6.45) is 3.62. The lowest BCUT2D eigenvalue weighted by Crippen LogP contribution is -2.54. The van der Waals surface area contributed by atoms with Gasteiger partial charge in [-0.1, -0.05) is 12.1 Å². The summed E-state index contributed by atoms with van der Waals surface area (Å²) in [6.45, 7) is 1.93. The molecule has 1 saturated carbocycles. The van der Waals surface area contributed by atoms with Gasteiger partial charge in [-0.2, -0.15) is 0 Å². The summed E-state index contributed by atoms with van der Waals surface area (Å²) in [7, 11) is 3.83. The van der Waals surface area contributed by atoms with E-state index in [1.807, 2.05) is 12.1 Å². The third-order valence-corrected chi connectivity index (χ3v) is 3.55. The second-order valence-corrected chi connectivity index (χ2v) is 5.24. The van der Waals surface area contributed by atoms with Gasteiger partial charge in [-0.3, -0.25) is 0 Å². The zero-order chi connectivity index (χ0) is 12.3. The molecule has 1 aromatic carbocycles. The Hall–Kier alpha value is -1.06. The molecule has 3 nitrogen and oxygen atoms in total. The Morgan fingerprint density at radius 2 is 1.94 bits per heavy atom. The Morgan fingerprint density at radius 1 is 1.29 bits per heavy atom. The highest BCUT2D eigenvalue weighted by Gasteiger charge is 2.33. The first-order valence-electron chi connectivity index (χ1n) is 6.22. The smallest absolute Gasteiger partial charge is 0.118 e. The Balaban J connectivity index is 1.86. The van der Waals surface area contributed by atoms with Gasteiger partial charge in [0.25, 0.3) is 0 Å². The molecule has 0 aliphatic heterocycles. The SMILES string of the molecule is COc1ccc(CN(C)CC2(N)CCC2)cc1. The van der Waals surface area contributed by atoms with Crippen LogP contribution in [-0.2, 0) is 6.54 Å². The lowest BCUT2D eigenvalue weighted by molar-refractivity contribution is 0.161. The predicted octanol–water partition coefficient (Wildman–Crippen LogP) is 2.01. The Bertz CT molecular complexity index is 357. The van der Waals surface area contributed by atoms with E-state index in [1.165, 1.54) is 24.8 Å². The number of nitrogens with two attached hydrogens (primary N) is 1. The van der Waals surface area contributed by atoms with Crippen molar-refractivity contribution in [2.24, 2.45) is 5.73 Å². The molecule has 0 aromatic heterocycles. The summed E-state index contributed by atoms with van der Waals surface area (Å²) in [5.74, 6) is 0.908. The fourth-order valence-corrected chi connectivity index (χ4v) is 2.43.